The van der Waals surface area contributed by atoms with Gasteiger partial charge >= 0.3 is 0 Å². The number of hydrogen-bond acceptors (Lipinski definition) is 2. The Labute approximate surface area is 160 Å². The van der Waals surface area contributed by atoms with E-state index in [1.807, 2.05) is 20.1 Å². The lowest BCUT2D eigenvalue weighted by Crippen LogP contribution is -2.06. The predicted octanol–water partition coefficient (Wildman–Crippen LogP) is 6.92. The third-order valence-corrected chi connectivity index (χ3v) is 4.24. The van der Waals surface area contributed by atoms with E-state index >= 15 is 0 Å². The van der Waals surface area contributed by atoms with Crippen LogP contribution in [-0.2, 0) is 0 Å². The second-order valence-corrected chi connectivity index (χ2v) is 6.62. The Hall–Kier alpha value is -2.35. The van der Waals surface area contributed by atoms with Crippen LogP contribution < -0.4 is 5.32 Å². The van der Waals surface area contributed by atoms with E-state index in [1.54, 1.807) is 7.05 Å². The number of hydrogen-bond donors (Lipinski definition) is 1. The fraction of sp³-hybridized carbons (Fsp3) is 0.375. The van der Waals surface area contributed by atoms with Crippen LogP contribution in [0.3, 0.4) is 0 Å². The van der Waals surface area contributed by atoms with Crippen molar-refractivity contribution < 1.29 is 0 Å². The van der Waals surface area contributed by atoms with Crippen molar-refractivity contribution in [2.75, 3.05) is 12.4 Å². The molecule has 0 fully saturated rings. The highest BCUT2D eigenvalue weighted by molar-refractivity contribution is 5.91. The van der Waals surface area contributed by atoms with Crippen LogP contribution in [0.5, 0.6) is 0 Å². The summed E-state index contributed by atoms with van der Waals surface area (Å²) < 4.78 is 0. The minimum atomic E-state index is 0.464. The largest absolute Gasteiger partial charge is 0.355 e. The van der Waals surface area contributed by atoms with Crippen molar-refractivity contribution in [3.05, 3.63) is 70.3 Å². The minimum Gasteiger partial charge on any atom is -0.355 e. The SMILES string of the molecule is CC.CN=C/C=C(\Nc1ccc(C)cc1C(C)C)c1c(C)cccc1C. The molecule has 0 atom stereocenters. The second kappa shape index (κ2) is 10.6. The van der Waals surface area contributed by atoms with Gasteiger partial charge in [-0.1, -0.05) is 63.6 Å². The Kier molecular flexibility index (Phi) is 8.84. The quantitative estimate of drug-likeness (QED) is 0.582. The van der Waals surface area contributed by atoms with Crippen LogP contribution in [0.15, 0.2) is 47.5 Å². The molecule has 1 N–H and O–H groups in total. The molecule has 0 saturated carbocycles. The maximum Gasteiger partial charge on any atom is 0.0478 e. The number of aryl methyl sites for hydroxylation is 3. The summed E-state index contributed by atoms with van der Waals surface area (Å²) in [4.78, 5) is 4.13. The fourth-order valence-corrected chi connectivity index (χ4v) is 2.99. The van der Waals surface area contributed by atoms with Crippen molar-refractivity contribution in [1.82, 2.24) is 0 Å². The van der Waals surface area contributed by atoms with Gasteiger partial charge in [0.1, 0.15) is 0 Å². The molecule has 0 heterocycles. The van der Waals surface area contributed by atoms with Gasteiger partial charge in [0.2, 0.25) is 0 Å². The van der Waals surface area contributed by atoms with E-state index in [0.29, 0.717) is 5.92 Å². The first-order chi connectivity index (χ1) is 12.4. The van der Waals surface area contributed by atoms with Gasteiger partial charge in [-0.3, -0.25) is 4.99 Å². The Balaban J connectivity index is 0.00000163. The van der Waals surface area contributed by atoms with Crippen molar-refractivity contribution >= 4 is 17.6 Å². The number of benzene rings is 2. The molecule has 0 bridgehead atoms. The summed E-state index contributed by atoms with van der Waals surface area (Å²) in [5, 5.41) is 3.66. The highest BCUT2D eigenvalue weighted by atomic mass is 14.9. The van der Waals surface area contributed by atoms with Crippen LogP contribution in [0.2, 0.25) is 0 Å². The van der Waals surface area contributed by atoms with E-state index in [4.69, 9.17) is 0 Å². The van der Waals surface area contributed by atoms with Gasteiger partial charge in [-0.05, 0) is 55.5 Å². The summed E-state index contributed by atoms with van der Waals surface area (Å²) >= 11 is 0. The summed E-state index contributed by atoms with van der Waals surface area (Å²) in [5.74, 6) is 0.464. The number of allylic oxidation sites excluding steroid dienone is 1. The molecule has 0 aliphatic rings. The average Bonchev–Trinajstić information content (AvgIpc) is 2.62. The standard InChI is InChI=1S/C22H28N2.C2H6/c1-15(2)19-14-16(3)10-11-20(19)24-21(12-13-23-6)22-17(4)8-7-9-18(22)5;1-2/h7-15,24H,1-6H3;1-2H3/b21-12-,23-13?;. The Morgan fingerprint density at radius 3 is 2.15 bits per heavy atom. The zero-order valence-electron chi connectivity index (χ0n) is 17.6. The van der Waals surface area contributed by atoms with Gasteiger partial charge in [-0.25, -0.2) is 0 Å². The van der Waals surface area contributed by atoms with Crippen molar-refractivity contribution in [1.29, 1.82) is 0 Å². The van der Waals surface area contributed by atoms with Crippen LogP contribution in [0.1, 0.15) is 61.4 Å². The molecular formula is C24H34N2. The first kappa shape index (κ1) is 21.7. The molecule has 2 aromatic rings. The van der Waals surface area contributed by atoms with Crippen molar-refractivity contribution in [3.8, 4) is 0 Å². The molecule has 0 amide bonds. The first-order valence-corrected chi connectivity index (χ1v) is 9.50. The predicted molar refractivity (Wildman–Crippen MR) is 119 cm³/mol. The highest BCUT2D eigenvalue weighted by Crippen LogP contribution is 2.30. The average molecular weight is 351 g/mol. The lowest BCUT2D eigenvalue weighted by Gasteiger charge is -2.20. The van der Waals surface area contributed by atoms with Gasteiger partial charge < -0.3 is 5.32 Å². The molecule has 26 heavy (non-hydrogen) atoms. The molecule has 2 nitrogen and oxygen atoms in total. The van der Waals surface area contributed by atoms with Crippen LogP contribution in [0, 0.1) is 20.8 Å². The summed E-state index contributed by atoms with van der Waals surface area (Å²) in [5.41, 5.74) is 8.63. The lowest BCUT2D eigenvalue weighted by molar-refractivity contribution is 0.867. The first-order valence-electron chi connectivity index (χ1n) is 9.50. The molecule has 0 saturated heterocycles. The van der Waals surface area contributed by atoms with Gasteiger partial charge in [0, 0.05) is 30.2 Å². The highest BCUT2D eigenvalue weighted by Gasteiger charge is 2.12. The molecule has 0 spiro atoms. The maximum atomic E-state index is 4.13. The summed E-state index contributed by atoms with van der Waals surface area (Å²) in [7, 11) is 1.80. The third kappa shape index (κ3) is 5.59. The molecule has 140 valence electrons. The molecule has 0 radical (unpaired) electrons. The molecule has 0 aliphatic carbocycles. The lowest BCUT2D eigenvalue weighted by atomic mass is 9.96. The number of nitrogens with zero attached hydrogens (tertiary/aromatic N) is 1. The van der Waals surface area contributed by atoms with Crippen LogP contribution >= 0.6 is 0 Å². The Morgan fingerprint density at radius 2 is 1.62 bits per heavy atom. The van der Waals surface area contributed by atoms with E-state index < -0.39 is 0 Å². The summed E-state index contributed by atoms with van der Waals surface area (Å²) in [6, 6.07) is 13.0. The molecule has 2 rings (SSSR count). The van der Waals surface area contributed by atoms with Crippen molar-refractivity contribution in [2.45, 2.75) is 54.4 Å². The maximum absolute atomic E-state index is 4.13. The molecule has 0 unspecified atom stereocenters. The van der Waals surface area contributed by atoms with Crippen LogP contribution in [0.25, 0.3) is 5.70 Å². The van der Waals surface area contributed by atoms with Crippen molar-refractivity contribution in [2.24, 2.45) is 4.99 Å². The molecule has 2 heteroatoms. The van der Waals surface area contributed by atoms with Crippen LogP contribution in [-0.4, -0.2) is 13.3 Å². The molecule has 2 aromatic carbocycles. The van der Waals surface area contributed by atoms with Gasteiger partial charge in [-0.2, -0.15) is 0 Å². The molecular weight excluding hydrogens is 316 g/mol. The van der Waals surface area contributed by atoms with Gasteiger partial charge in [0.05, 0.1) is 0 Å². The van der Waals surface area contributed by atoms with Crippen molar-refractivity contribution in [3.63, 3.8) is 0 Å². The Morgan fingerprint density at radius 1 is 1.00 bits per heavy atom. The summed E-state index contributed by atoms with van der Waals surface area (Å²) in [6.07, 6.45) is 3.90. The topological polar surface area (TPSA) is 24.4 Å². The normalized spacial score (nSPS) is 11.5. The van der Waals surface area contributed by atoms with Gasteiger partial charge in [0.25, 0.3) is 0 Å². The smallest absolute Gasteiger partial charge is 0.0478 e. The Bertz CT molecular complexity index is 748. The third-order valence-electron chi connectivity index (χ3n) is 4.24. The number of aliphatic imine (C=N–C) groups is 1. The van der Waals surface area contributed by atoms with Crippen LogP contribution in [0.4, 0.5) is 5.69 Å². The van der Waals surface area contributed by atoms with Gasteiger partial charge in [0.15, 0.2) is 0 Å². The minimum absolute atomic E-state index is 0.464. The number of rotatable bonds is 5. The number of nitrogens with one attached hydrogen (secondary N) is 1. The monoisotopic (exact) mass is 350 g/mol. The van der Waals surface area contributed by atoms with E-state index in [9.17, 15) is 0 Å². The summed E-state index contributed by atoms with van der Waals surface area (Å²) in [6.45, 7) is 14.9. The fourth-order valence-electron chi connectivity index (χ4n) is 2.99. The van der Waals surface area contributed by atoms with E-state index in [0.717, 1.165) is 11.4 Å². The molecule has 0 aliphatic heterocycles. The van der Waals surface area contributed by atoms with Gasteiger partial charge in [-0.15, -0.1) is 0 Å². The number of anilines is 1. The zero-order chi connectivity index (χ0) is 19.7. The second-order valence-electron chi connectivity index (χ2n) is 6.62. The van der Waals surface area contributed by atoms with E-state index in [-0.39, 0.29) is 0 Å². The molecule has 0 aromatic heterocycles. The van der Waals surface area contributed by atoms with E-state index in [2.05, 4.69) is 87.4 Å². The van der Waals surface area contributed by atoms with E-state index in [1.165, 1.54) is 27.8 Å². The zero-order valence-corrected chi connectivity index (χ0v) is 17.6.